The minimum Gasteiger partial charge on any atom is -0.383 e. The summed E-state index contributed by atoms with van der Waals surface area (Å²) in [7, 11) is 1.65. The van der Waals surface area contributed by atoms with Gasteiger partial charge in [0.1, 0.15) is 28.5 Å². The average molecular weight is 314 g/mol. The smallest absolute Gasteiger partial charge is 0.242 e. The number of halogens is 1. The van der Waals surface area contributed by atoms with E-state index in [1.54, 1.807) is 7.05 Å². The molecule has 0 spiro atoms. The van der Waals surface area contributed by atoms with Crippen LogP contribution in [-0.2, 0) is 4.79 Å². The highest BCUT2D eigenvalue weighted by Crippen LogP contribution is 2.31. The Morgan fingerprint density at radius 1 is 1.56 bits per heavy atom. The molecular formula is C11H16BrN5O. The minimum absolute atomic E-state index is 0.0128. The molecule has 0 aliphatic carbocycles. The molecule has 1 unspecified atom stereocenters. The van der Waals surface area contributed by atoms with Gasteiger partial charge in [-0.05, 0) is 35.2 Å². The van der Waals surface area contributed by atoms with Crippen molar-refractivity contribution in [3.8, 4) is 0 Å². The minimum atomic E-state index is -0.186. The number of nitrogens with zero attached hydrogens (tertiary/aromatic N) is 3. The van der Waals surface area contributed by atoms with Crippen LogP contribution in [0.5, 0.6) is 0 Å². The Balaban J connectivity index is 2.34. The fraction of sp³-hybridized carbons (Fsp3) is 0.545. The van der Waals surface area contributed by atoms with Crippen molar-refractivity contribution in [1.29, 1.82) is 0 Å². The van der Waals surface area contributed by atoms with Gasteiger partial charge >= 0.3 is 0 Å². The van der Waals surface area contributed by atoms with E-state index < -0.39 is 0 Å². The molecule has 1 aromatic rings. The summed E-state index contributed by atoms with van der Waals surface area (Å²) in [5.41, 5.74) is 5.76. The third-order valence-corrected chi connectivity index (χ3v) is 3.88. The molecule has 6 nitrogen and oxygen atoms in total. The van der Waals surface area contributed by atoms with Crippen molar-refractivity contribution < 1.29 is 4.79 Å². The van der Waals surface area contributed by atoms with Crippen LogP contribution in [0, 0.1) is 0 Å². The molecule has 0 bridgehead atoms. The zero-order valence-electron chi connectivity index (χ0n) is 10.2. The average Bonchev–Trinajstić information content (AvgIpc) is 2.41. The van der Waals surface area contributed by atoms with Crippen LogP contribution < -0.4 is 16.0 Å². The van der Waals surface area contributed by atoms with E-state index in [9.17, 15) is 4.79 Å². The zero-order valence-corrected chi connectivity index (χ0v) is 11.8. The molecular weight excluding hydrogens is 298 g/mol. The molecule has 2 rings (SSSR count). The normalized spacial score (nSPS) is 19.7. The maximum Gasteiger partial charge on any atom is 0.242 e. The van der Waals surface area contributed by atoms with Gasteiger partial charge < -0.3 is 16.0 Å². The van der Waals surface area contributed by atoms with Gasteiger partial charge in [-0.25, -0.2) is 9.97 Å². The summed E-state index contributed by atoms with van der Waals surface area (Å²) in [4.78, 5) is 22.0. The summed E-state index contributed by atoms with van der Waals surface area (Å²) in [6.07, 6.45) is 4.34. The number of piperidine rings is 1. The predicted octanol–water partition coefficient (Wildman–Crippen LogP) is 0.926. The summed E-state index contributed by atoms with van der Waals surface area (Å²) in [5, 5.41) is 2.70. The largest absolute Gasteiger partial charge is 0.383 e. The number of nitrogens with one attached hydrogen (secondary N) is 1. The number of anilines is 2. The Bertz CT molecular complexity index is 453. The first-order valence-corrected chi connectivity index (χ1v) is 6.68. The lowest BCUT2D eigenvalue weighted by Gasteiger charge is -2.35. The molecule has 0 saturated carbocycles. The van der Waals surface area contributed by atoms with Crippen LogP contribution in [0.1, 0.15) is 19.3 Å². The number of carbonyl (C=O) groups is 1. The van der Waals surface area contributed by atoms with Gasteiger partial charge in [-0.1, -0.05) is 0 Å². The fourth-order valence-electron chi connectivity index (χ4n) is 2.20. The van der Waals surface area contributed by atoms with E-state index in [0.29, 0.717) is 16.1 Å². The quantitative estimate of drug-likeness (QED) is 0.848. The van der Waals surface area contributed by atoms with E-state index in [-0.39, 0.29) is 11.9 Å². The second kappa shape index (κ2) is 5.51. The first kappa shape index (κ1) is 13.1. The monoisotopic (exact) mass is 313 g/mol. The molecule has 1 aliphatic heterocycles. The predicted molar refractivity (Wildman–Crippen MR) is 73.2 cm³/mol. The molecule has 18 heavy (non-hydrogen) atoms. The van der Waals surface area contributed by atoms with Crippen LogP contribution in [-0.4, -0.2) is 35.5 Å². The van der Waals surface area contributed by atoms with Crippen molar-refractivity contribution in [1.82, 2.24) is 15.3 Å². The number of hydrogen-bond donors (Lipinski definition) is 2. The molecule has 3 N–H and O–H groups in total. The second-order valence-corrected chi connectivity index (χ2v) is 5.01. The van der Waals surface area contributed by atoms with Gasteiger partial charge in [0.2, 0.25) is 5.91 Å². The molecule has 98 valence electrons. The summed E-state index contributed by atoms with van der Waals surface area (Å²) in [6, 6.07) is -0.186. The first-order chi connectivity index (χ1) is 8.65. The number of amides is 1. The maximum atomic E-state index is 11.9. The standard InChI is InChI=1S/C11H16BrN5O/c1-14-11(18)7-4-2-3-5-17(7)10-8(12)9(13)15-6-16-10/h6-7H,2-5H2,1H3,(H,14,18)(H2,13,15,16). The number of likely N-dealkylation sites (N-methyl/N-ethyl adjacent to an activating group) is 1. The summed E-state index contributed by atoms with van der Waals surface area (Å²) < 4.78 is 0.654. The van der Waals surface area contributed by atoms with E-state index in [4.69, 9.17) is 5.73 Å². The third-order valence-electron chi connectivity index (χ3n) is 3.12. The number of aromatic nitrogens is 2. The maximum absolute atomic E-state index is 11.9. The number of rotatable bonds is 2. The van der Waals surface area contributed by atoms with E-state index in [0.717, 1.165) is 25.8 Å². The van der Waals surface area contributed by atoms with Crippen LogP contribution >= 0.6 is 15.9 Å². The summed E-state index contributed by atoms with van der Waals surface area (Å²) in [6.45, 7) is 0.799. The van der Waals surface area contributed by atoms with Crippen molar-refractivity contribution in [2.45, 2.75) is 25.3 Å². The van der Waals surface area contributed by atoms with Gasteiger partial charge in [-0.2, -0.15) is 0 Å². The van der Waals surface area contributed by atoms with Gasteiger partial charge in [-0.3, -0.25) is 4.79 Å². The Kier molecular flexibility index (Phi) is 4.00. The van der Waals surface area contributed by atoms with E-state index in [2.05, 4.69) is 31.2 Å². The van der Waals surface area contributed by atoms with Gasteiger partial charge in [0.25, 0.3) is 0 Å². The van der Waals surface area contributed by atoms with Crippen molar-refractivity contribution in [3.05, 3.63) is 10.8 Å². The Labute approximate surface area is 114 Å². The highest BCUT2D eigenvalue weighted by Gasteiger charge is 2.30. The first-order valence-electron chi connectivity index (χ1n) is 5.89. The van der Waals surface area contributed by atoms with Gasteiger partial charge in [0, 0.05) is 13.6 Å². The van der Waals surface area contributed by atoms with E-state index in [1.807, 2.05) is 4.90 Å². The SMILES string of the molecule is CNC(=O)C1CCCCN1c1ncnc(N)c1Br. The van der Waals surface area contributed by atoms with Crippen LogP contribution in [0.3, 0.4) is 0 Å². The van der Waals surface area contributed by atoms with Crippen molar-refractivity contribution >= 4 is 33.5 Å². The van der Waals surface area contributed by atoms with Crippen LogP contribution in [0.25, 0.3) is 0 Å². The summed E-state index contributed by atoms with van der Waals surface area (Å²) >= 11 is 3.39. The van der Waals surface area contributed by atoms with E-state index in [1.165, 1.54) is 6.33 Å². The molecule has 7 heteroatoms. The molecule has 1 atom stereocenters. The molecule has 0 radical (unpaired) electrons. The van der Waals surface area contributed by atoms with Crippen LogP contribution in [0.2, 0.25) is 0 Å². The Morgan fingerprint density at radius 3 is 3.06 bits per heavy atom. The third kappa shape index (κ3) is 2.40. The zero-order chi connectivity index (χ0) is 13.1. The molecule has 1 amide bonds. The van der Waals surface area contributed by atoms with Crippen LogP contribution in [0.4, 0.5) is 11.6 Å². The number of hydrogen-bond acceptors (Lipinski definition) is 5. The molecule has 1 fully saturated rings. The lowest BCUT2D eigenvalue weighted by molar-refractivity contribution is -0.122. The molecule has 1 aliphatic rings. The highest BCUT2D eigenvalue weighted by molar-refractivity contribution is 9.10. The lowest BCUT2D eigenvalue weighted by atomic mass is 10.0. The van der Waals surface area contributed by atoms with Crippen molar-refractivity contribution in [3.63, 3.8) is 0 Å². The van der Waals surface area contributed by atoms with Crippen molar-refractivity contribution in [2.24, 2.45) is 0 Å². The van der Waals surface area contributed by atoms with Gasteiger partial charge in [0.05, 0.1) is 0 Å². The molecule has 2 heterocycles. The Morgan fingerprint density at radius 2 is 2.33 bits per heavy atom. The van der Waals surface area contributed by atoms with Gasteiger partial charge in [0.15, 0.2) is 0 Å². The number of nitrogen functional groups attached to an aromatic ring is 1. The summed E-state index contributed by atoms with van der Waals surface area (Å²) in [5.74, 6) is 1.09. The van der Waals surface area contributed by atoms with E-state index >= 15 is 0 Å². The molecule has 1 saturated heterocycles. The van der Waals surface area contributed by atoms with Crippen molar-refractivity contribution in [2.75, 3.05) is 24.2 Å². The number of carbonyl (C=O) groups excluding carboxylic acids is 1. The number of nitrogens with two attached hydrogens (primary N) is 1. The molecule has 0 aromatic carbocycles. The highest BCUT2D eigenvalue weighted by atomic mass is 79.9. The van der Waals surface area contributed by atoms with Crippen LogP contribution in [0.15, 0.2) is 10.8 Å². The Hall–Kier alpha value is -1.37. The molecule has 1 aromatic heterocycles. The fourth-order valence-corrected chi connectivity index (χ4v) is 2.63. The lowest BCUT2D eigenvalue weighted by Crippen LogP contribution is -2.49. The van der Waals surface area contributed by atoms with Gasteiger partial charge in [-0.15, -0.1) is 0 Å². The second-order valence-electron chi connectivity index (χ2n) is 4.22. The topological polar surface area (TPSA) is 84.1 Å².